The van der Waals surface area contributed by atoms with Crippen molar-refractivity contribution in [1.29, 1.82) is 0 Å². The zero-order chi connectivity index (χ0) is 9.26. The molecule has 0 bridgehead atoms. The van der Waals surface area contributed by atoms with E-state index < -0.39 is 0 Å². The minimum absolute atomic E-state index is 0.578. The summed E-state index contributed by atoms with van der Waals surface area (Å²) in [6.45, 7) is 0. The quantitative estimate of drug-likeness (QED) is 0.486. The number of nitrogens with zero attached hydrogens (tertiary/aromatic N) is 1. The van der Waals surface area contributed by atoms with Crippen molar-refractivity contribution in [2.75, 3.05) is 7.11 Å². The smallest absolute Gasteiger partial charge is 0.223 e. The summed E-state index contributed by atoms with van der Waals surface area (Å²) in [6.07, 6.45) is 1.42. The SMILES string of the molecule is COc1cc2ccccc2[n+]([O-])c1. The highest BCUT2D eigenvalue weighted by molar-refractivity contribution is 5.76. The molecule has 66 valence electrons. The van der Waals surface area contributed by atoms with Crippen LogP contribution in [0.3, 0.4) is 0 Å². The average molecular weight is 175 g/mol. The zero-order valence-corrected chi connectivity index (χ0v) is 7.23. The third kappa shape index (κ3) is 1.28. The molecule has 0 aliphatic carbocycles. The molecule has 0 N–H and O–H groups in total. The molecular formula is C10H9NO2. The molecule has 2 rings (SSSR count). The fourth-order valence-corrected chi connectivity index (χ4v) is 1.30. The molecule has 0 unspecified atom stereocenters. The van der Waals surface area contributed by atoms with Gasteiger partial charge in [-0.05, 0) is 6.07 Å². The first-order valence-corrected chi connectivity index (χ1v) is 3.97. The van der Waals surface area contributed by atoms with E-state index in [0.717, 1.165) is 10.1 Å². The number of benzene rings is 1. The van der Waals surface area contributed by atoms with Gasteiger partial charge in [0.25, 0.3) is 0 Å². The van der Waals surface area contributed by atoms with E-state index >= 15 is 0 Å². The van der Waals surface area contributed by atoms with Crippen LogP contribution in [0, 0.1) is 5.21 Å². The fourth-order valence-electron chi connectivity index (χ4n) is 1.30. The van der Waals surface area contributed by atoms with Crippen molar-refractivity contribution in [3.63, 3.8) is 0 Å². The minimum atomic E-state index is 0.578. The van der Waals surface area contributed by atoms with Crippen LogP contribution in [-0.4, -0.2) is 7.11 Å². The van der Waals surface area contributed by atoms with E-state index in [0.29, 0.717) is 11.3 Å². The second-order valence-corrected chi connectivity index (χ2v) is 2.76. The molecule has 2 aromatic rings. The van der Waals surface area contributed by atoms with E-state index in [-0.39, 0.29) is 0 Å². The minimum Gasteiger partial charge on any atom is -0.618 e. The van der Waals surface area contributed by atoms with Gasteiger partial charge in [0.05, 0.1) is 12.5 Å². The van der Waals surface area contributed by atoms with Crippen LogP contribution < -0.4 is 9.47 Å². The Morgan fingerprint density at radius 2 is 2.08 bits per heavy atom. The topological polar surface area (TPSA) is 36.2 Å². The number of rotatable bonds is 1. The monoisotopic (exact) mass is 175 g/mol. The van der Waals surface area contributed by atoms with Gasteiger partial charge < -0.3 is 9.94 Å². The molecule has 0 saturated heterocycles. The molecule has 1 aromatic carbocycles. The predicted octanol–water partition coefficient (Wildman–Crippen LogP) is 1.48. The molecule has 0 amide bonds. The maximum Gasteiger partial charge on any atom is 0.223 e. The van der Waals surface area contributed by atoms with Crippen molar-refractivity contribution in [2.45, 2.75) is 0 Å². The van der Waals surface area contributed by atoms with Crippen molar-refractivity contribution < 1.29 is 9.47 Å². The second kappa shape index (κ2) is 2.94. The number of hydrogen-bond donors (Lipinski definition) is 0. The van der Waals surface area contributed by atoms with Crippen LogP contribution in [0.5, 0.6) is 5.75 Å². The van der Waals surface area contributed by atoms with E-state index in [9.17, 15) is 5.21 Å². The Morgan fingerprint density at radius 1 is 1.31 bits per heavy atom. The van der Waals surface area contributed by atoms with Gasteiger partial charge in [-0.15, -0.1) is 0 Å². The standard InChI is InChI=1S/C10H9NO2/c1-13-9-6-8-4-2-3-5-10(8)11(12)7-9/h2-7H,1H3. The molecule has 0 radical (unpaired) electrons. The van der Waals surface area contributed by atoms with Crippen molar-refractivity contribution in [3.05, 3.63) is 41.7 Å². The Hall–Kier alpha value is -1.77. The van der Waals surface area contributed by atoms with Crippen LogP contribution in [0.1, 0.15) is 0 Å². The highest BCUT2D eigenvalue weighted by Gasteiger charge is 2.04. The number of hydrogen-bond acceptors (Lipinski definition) is 2. The molecule has 3 nitrogen and oxygen atoms in total. The predicted molar refractivity (Wildman–Crippen MR) is 49.5 cm³/mol. The van der Waals surface area contributed by atoms with Gasteiger partial charge in [0, 0.05) is 12.1 Å². The van der Waals surface area contributed by atoms with Gasteiger partial charge >= 0.3 is 0 Å². The third-order valence-corrected chi connectivity index (χ3v) is 1.95. The van der Waals surface area contributed by atoms with Gasteiger partial charge in [0.15, 0.2) is 5.75 Å². The zero-order valence-electron chi connectivity index (χ0n) is 7.23. The maximum absolute atomic E-state index is 11.4. The van der Waals surface area contributed by atoms with Crippen LogP contribution in [0.4, 0.5) is 0 Å². The Bertz CT molecular complexity index is 440. The molecule has 3 heteroatoms. The van der Waals surface area contributed by atoms with Crippen LogP contribution in [0.2, 0.25) is 0 Å². The number of pyridine rings is 1. The number of aromatic nitrogens is 1. The van der Waals surface area contributed by atoms with Crippen molar-refractivity contribution in [3.8, 4) is 5.75 Å². The molecule has 0 spiro atoms. The normalized spacial score (nSPS) is 10.2. The van der Waals surface area contributed by atoms with Crippen molar-refractivity contribution >= 4 is 10.9 Å². The Kier molecular flexibility index (Phi) is 1.77. The molecule has 0 atom stereocenters. The van der Waals surface area contributed by atoms with Gasteiger partial charge in [-0.25, -0.2) is 0 Å². The van der Waals surface area contributed by atoms with Crippen molar-refractivity contribution in [2.24, 2.45) is 0 Å². The van der Waals surface area contributed by atoms with Gasteiger partial charge in [0.1, 0.15) is 0 Å². The lowest BCUT2D eigenvalue weighted by molar-refractivity contribution is -0.577. The maximum atomic E-state index is 11.4. The summed E-state index contributed by atoms with van der Waals surface area (Å²) in [6, 6.07) is 9.22. The van der Waals surface area contributed by atoms with Crippen LogP contribution >= 0.6 is 0 Å². The Balaban J connectivity index is 2.77. The summed E-state index contributed by atoms with van der Waals surface area (Å²) in [5.74, 6) is 0.578. The third-order valence-electron chi connectivity index (χ3n) is 1.95. The summed E-state index contributed by atoms with van der Waals surface area (Å²) in [5.41, 5.74) is 0.656. The molecule has 1 aromatic heterocycles. The first-order valence-electron chi connectivity index (χ1n) is 3.97. The molecular weight excluding hydrogens is 166 g/mol. The summed E-state index contributed by atoms with van der Waals surface area (Å²) in [5, 5.41) is 12.3. The molecule has 1 heterocycles. The van der Waals surface area contributed by atoms with Gasteiger partial charge in [0.2, 0.25) is 11.7 Å². The number of ether oxygens (including phenoxy) is 1. The fraction of sp³-hybridized carbons (Fsp3) is 0.100. The summed E-state index contributed by atoms with van der Waals surface area (Å²) in [7, 11) is 1.55. The van der Waals surface area contributed by atoms with Crippen LogP contribution in [0.15, 0.2) is 36.5 Å². The molecule has 0 aliphatic rings. The van der Waals surface area contributed by atoms with Gasteiger partial charge in [-0.1, -0.05) is 12.1 Å². The Labute approximate surface area is 75.8 Å². The van der Waals surface area contributed by atoms with Gasteiger partial charge in [-0.3, -0.25) is 0 Å². The van der Waals surface area contributed by atoms with E-state index in [4.69, 9.17) is 4.74 Å². The number of fused-ring (bicyclic) bond motifs is 1. The summed E-state index contributed by atoms with van der Waals surface area (Å²) < 4.78 is 5.80. The number of para-hydroxylation sites is 1. The first-order chi connectivity index (χ1) is 6.31. The summed E-state index contributed by atoms with van der Waals surface area (Å²) >= 11 is 0. The van der Waals surface area contributed by atoms with Crippen LogP contribution in [0.25, 0.3) is 10.9 Å². The highest BCUT2D eigenvalue weighted by atomic mass is 16.5. The Morgan fingerprint density at radius 3 is 2.85 bits per heavy atom. The van der Waals surface area contributed by atoms with Crippen LogP contribution in [-0.2, 0) is 0 Å². The first kappa shape index (κ1) is 7.86. The summed E-state index contributed by atoms with van der Waals surface area (Å²) in [4.78, 5) is 0. The van der Waals surface area contributed by atoms with E-state index in [1.165, 1.54) is 6.20 Å². The highest BCUT2D eigenvalue weighted by Crippen LogP contribution is 2.15. The molecule has 0 aliphatic heterocycles. The lowest BCUT2D eigenvalue weighted by Crippen LogP contribution is -2.26. The van der Waals surface area contributed by atoms with Gasteiger partial charge in [-0.2, -0.15) is 4.73 Å². The average Bonchev–Trinajstić information content (AvgIpc) is 2.18. The molecule has 13 heavy (non-hydrogen) atoms. The lowest BCUT2D eigenvalue weighted by atomic mass is 10.2. The molecule has 0 saturated carbocycles. The van der Waals surface area contributed by atoms with E-state index in [1.807, 2.05) is 24.3 Å². The van der Waals surface area contributed by atoms with Crippen molar-refractivity contribution in [1.82, 2.24) is 0 Å². The lowest BCUT2D eigenvalue weighted by Gasteiger charge is -2.03. The molecule has 0 fully saturated rings. The van der Waals surface area contributed by atoms with E-state index in [1.54, 1.807) is 13.2 Å². The van der Waals surface area contributed by atoms with E-state index in [2.05, 4.69) is 0 Å². The number of methoxy groups -OCH3 is 1. The second-order valence-electron chi connectivity index (χ2n) is 2.76. The largest absolute Gasteiger partial charge is 0.618 e.